The number of rotatable bonds is 6. The SMILES string of the molecule is CCCCN(C)C(=O)c1ccc(Nc2ccc(C(F)(F)F)cc2)cn1. The number of benzene rings is 1. The van der Waals surface area contributed by atoms with Gasteiger partial charge in [0.05, 0.1) is 17.4 Å². The van der Waals surface area contributed by atoms with E-state index in [1.807, 2.05) is 0 Å². The first-order valence-corrected chi connectivity index (χ1v) is 7.97. The Bertz CT molecular complexity index is 697. The summed E-state index contributed by atoms with van der Waals surface area (Å²) in [4.78, 5) is 17.9. The highest BCUT2D eigenvalue weighted by molar-refractivity contribution is 5.92. The largest absolute Gasteiger partial charge is 0.416 e. The molecule has 0 atom stereocenters. The molecule has 0 spiro atoms. The fraction of sp³-hybridized carbons (Fsp3) is 0.333. The Morgan fingerprint density at radius 2 is 1.76 bits per heavy atom. The molecule has 7 heteroatoms. The van der Waals surface area contributed by atoms with E-state index >= 15 is 0 Å². The monoisotopic (exact) mass is 351 g/mol. The lowest BCUT2D eigenvalue weighted by Crippen LogP contribution is -2.28. The summed E-state index contributed by atoms with van der Waals surface area (Å²) >= 11 is 0. The van der Waals surface area contributed by atoms with Gasteiger partial charge >= 0.3 is 6.18 Å². The Morgan fingerprint density at radius 1 is 1.12 bits per heavy atom. The molecule has 1 heterocycles. The predicted molar refractivity (Wildman–Crippen MR) is 90.8 cm³/mol. The van der Waals surface area contributed by atoms with E-state index < -0.39 is 11.7 Å². The van der Waals surface area contributed by atoms with Crippen molar-refractivity contribution in [2.24, 2.45) is 0 Å². The van der Waals surface area contributed by atoms with Gasteiger partial charge in [-0.1, -0.05) is 13.3 Å². The molecule has 0 saturated heterocycles. The number of unbranched alkanes of at least 4 members (excludes halogenated alkanes) is 1. The zero-order chi connectivity index (χ0) is 18.4. The second-order valence-corrected chi connectivity index (χ2v) is 5.71. The van der Waals surface area contributed by atoms with Crippen LogP contribution in [0, 0.1) is 0 Å². The van der Waals surface area contributed by atoms with Crippen molar-refractivity contribution in [1.82, 2.24) is 9.88 Å². The van der Waals surface area contributed by atoms with Crippen LogP contribution in [0.1, 0.15) is 35.8 Å². The summed E-state index contributed by atoms with van der Waals surface area (Å²) in [6, 6.07) is 7.98. The number of anilines is 2. The van der Waals surface area contributed by atoms with Crippen molar-refractivity contribution >= 4 is 17.3 Å². The molecule has 0 fully saturated rings. The van der Waals surface area contributed by atoms with Crippen molar-refractivity contribution in [3.63, 3.8) is 0 Å². The summed E-state index contributed by atoms with van der Waals surface area (Å²) in [5, 5.41) is 2.96. The summed E-state index contributed by atoms with van der Waals surface area (Å²) in [6.07, 6.45) is -0.943. The molecule has 1 N–H and O–H groups in total. The van der Waals surface area contributed by atoms with E-state index in [-0.39, 0.29) is 5.91 Å². The minimum atomic E-state index is -4.36. The maximum atomic E-state index is 12.5. The molecule has 1 amide bonds. The van der Waals surface area contributed by atoms with Crippen LogP contribution in [0.5, 0.6) is 0 Å². The number of amides is 1. The first-order valence-electron chi connectivity index (χ1n) is 7.97. The molecule has 4 nitrogen and oxygen atoms in total. The van der Waals surface area contributed by atoms with Gasteiger partial charge in [0.1, 0.15) is 5.69 Å². The zero-order valence-electron chi connectivity index (χ0n) is 14.1. The normalized spacial score (nSPS) is 11.2. The standard InChI is InChI=1S/C18H20F3N3O/c1-3-4-11-24(2)17(25)16-10-9-15(12-22-16)23-14-7-5-13(6-8-14)18(19,20)21/h5-10,12,23H,3-4,11H2,1-2H3. The van der Waals surface area contributed by atoms with Crippen LogP contribution in [0.2, 0.25) is 0 Å². The highest BCUT2D eigenvalue weighted by Gasteiger charge is 2.29. The van der Waals surface area contributed by atoms with Gasteiger partial charge in [0, 0.05) is 19.3 Å². The van der Waals surface area contributed by atoms with Crippen LogP contribution in [0.4, 0.5) is 24.5 Å². The molecule has 0 aliphatic heterocycles. The van der Waals surface area contributed by atoms with Crippen molar-refractivity contribution in [3.8, 4) is 0 Å². The third-order valence-electron chi connectivity index (χ3n) is 3.68. The number of alkyl halides is 3. The number of nitrogens with zero attached hydrogens (tertiary/aromatic N) is 2. The van der Waals surface area contributed by atoms with E-state index in [4.69, 9.17) is 0 Å². The number of carbonyl (C=O) groups excluding carboxylic acids is 1. The van der Waals surface area contributed by atoms with Crippen molar-refractivity contribution in [2.45, 2.75) is 25.9 Å². The third-order valence-corrected chi connectivity index (χ3v) is 3.68. The molecule has 134 valence electrons. The average Bonchev–Trinajstić information content (AvgIpc) is 2.59. The van der Waals surface area contributed by atoms with Gasteiger partial charge in [-0.25, -0.2) is 4.98 Å². The lowest BCUT2D eigenvalue weighted by molar-refractivity contribution is -0.137. The summed E-state index contributed by atoms with van der Waals surface area (Å²) in [5.41, 5.74) is 0.727. The minimum Gasteiger partial charge on any atom is -0.354 e. The highest BCUT2D eigenvalue weighted by atomic mass is 19.4. The van der Waals surface area contributed by atoms with E-state index in [2.05, 4.69) is 17.2 Å². The van der Waals surface area contributed by atoms with E-state index in [9.17, 15) is 18.0 Å². The van der Waals surface area contributed by atoms with Crippen LogP contribution in [0.25, 0.3) is 0 Å². The second kappa shape index (κ2) is 8.00. The molecule has 0 saturated carbocycles. The van der Waals surface area contributed by atoms with Gasteiger partial charge < -0.3 is 10.2 Å². The molecule has 2 rings (SSSR count). The number of carbonyl (C=O) groups is 1. The Balaban J connectivity index is 2.01. The smallest absolute Gasteiger partial charge is 0.354 e. The molecular weight excluding hydrogens is 331 g/mol. The van der Waals surface area contributed by atoms with Crippen molar-refractivity contribution in [3.05, 3.63) is 53.9 Å². The molecule has 0 radical (unpaired) electrons. The molecule has 0 aliphatic rings. The first kappa shape index (κ1) is 18.8. The van der Waals surface area contributed by atoms with Gasteiger partial charge in [0.15, 0.2) is 0 Å². The highest BCUT2D eigenvalue weighted by Crippen LogP contribution is 2.30. The van der Waals surface area contributed by atoms with Crippen molar-refractivity contribution < 1.29 is 18.0 Å². The molecule has 0 bridgehead atoms. The molecule has 1 aromatic carbocycles. The average molecular weight is 351 g/mol. The van der Waals surface area contributed by atoms with Crippen molar-refractivity contribution in [1.29, 1.82) is 0 Å². The Hall–Kier alpha value is -2.57. The maximum absolute atomic E-state index is 12.5. The number of hydrogen-bond acceptors (Lipinski definition) is 3. The van der Waals surface area contributed by atoms with Crippen molar-refractivity contribution in [2.75, 3.05) is 18.9 Å². The third kappa shape index (κ3) is 5.20. The zero-order valence-corrected chi connectivity index (χ0v) is 14.1. The van der Waals surface area contributed by atoms with Gasteiger partial charge in [-0.3, -0.25) is 4.79 Å². The molecule has 2 aromatic rings. The van der Waals surface area contributed by atoms with Gasteiger partial charge in [-0.2, -0.15) is 13.2 Å². The first-order chi connectivity index (χ1) is 11.8. The van der Waals surface area contributed by atoms with E-state index in [0.29, 0.717) is 23.6 Å². The van der Waals surface area contributed by atoms with Crippen LogP contribution in [0.3, 0.4) is 0 Å². The van der Waals surface area contributed by atoms with Crippen LogP contribution in [0.15, 0.2) is 42.6 Å². The van der Waals surface area contributed by atoms with Crippen LogP contribution >= 0.6 is 0 Å². The number of nitrogens with one attached hydrogen (secondary N) is 1. The van der Waals surface area contributed by atoms with Gasteiger partial charge in [-0.15, -0.1) is 0 Å². The number of aromatic nitrogens is 1. The quantitative estimate of drug-likeness (QED) is 0.819. The maximum Gasteiger partial charge on any atom is 0.416 e. The number of pyridine rings is 1. The summed E-state index contributed by atoms with van der Waals surface area (Å²) in [6.45, 7) is 2.72. The molecular formula is C18H20F3N3O. The van der Waals surface area contributed by atoms with Gasteiger partial charge in [-0.05, 0) is 42.8 Å². The fourth-order valence-corrected chi connectivity index (χ4v) is 2.20. The summed E-state index contributed by atoms with van der Waals surface area (Å²) < 4.78 is 37.6. The Labute approximate surface area is 144 Å². The Morgan fingerprint density at radius 3 is 2.28 bits per heavy atom. The lowest BCUT2D eigenvalue weighted by Gasteiger charge is -2.16. The fourth-order valence-electron chi connectivity index (χ4n) is 2.20. The Kier molecular flexibility index (Phi) is 6.01. The second-order valence-electron chi connectivity index (χ2n) is 5.71. The number of hydrogen-bond donors (Lipinski definition) is 1. The van der Waals surface area contributed by atoms with E-state index in [0.717, 1.165) is 25.0 Å². The van der Waals surface area contributed by atoms with E-state index in [1.54, 1.807) is 24.1 Å². The van der Waals surface area contributed by atoms with Crippen LogP contribution in [-0.2, 0) is 6.18 Å². The summed E-state index contributed by atoms with van der Waals surface area (Å²) in [5.74, 6) is -0.158. The van der Waals surface area contributed by atoms with Gasteiger partial charge in [0.2, 0.25) is 0 Å². The van der Waals surface area contributed by atoms with E-state index in [1.165, 1.54) is 18.3 Å². The lowest BCUT2D eigenvalue weighted by atomic mass is 10.2. The predicted octanol–water partition coefficient (Wildman–Crippen LogP) is 4.72. The van der Waals surface area contributed by atoms with Gasteiger partial charge in [0.25, 0.3) is 5.91 Å². The topological polar surface area (TPSA) is 45.2 Å². The molecule has 0 unspecified atom stereocenters. The minimum absolute atomic E-state index is 0.158. The molecule has 0 aliphatic carbocycles. The molecule has 25 heavy (non-hydrogen) atoms. The molecule has 1 aromatic heterocycles. The number of halogens is 3. The van der Waals surface area contributed by atoms with Crippen LogP contribution < -0.4 is 5.32 Å². The summed E-state index contributed by atoms with van der Waals surface area (Å²) in [7, 11) is 1.73. The van der Waals surface area contributed by atoms with Crippen LogP contribution in [-0.4, -0.2) is 29.4 Å².